The molecule has 0 spiro atoms. The molecule has 0 bridgehead atoms. The second kappa shape index (κ2) is 7.90. The van der Waals surface area contributed by atoms with Crippen molar-refractivity contribution in [3.63, 3.8) is 0 Å². The summed E-state index contributed by atoms with van der Waals surface area (Å²) in [5, 5.41) is 13.0. The molecule has 152 valence electrons. The number of nitro groups is 1. The molecule has 1 aliphatic carbocycles. The van der Waals surface area contributed by atoms with Crippen molar-refractivity contribution < 1.29 is 19.3 Å². The van der Waals surface area contributed by atoms with Gasteiger partial charge in [-0.2, -0.15) is 5.01 Å². The highest BCUT2D eigenvalue weighted by Crippen LogP contribution is 2.36. The number of fused-ring (bicyclic) bond motifs is 1. The van der Waals surface area contributed by atoms with Crippen LogP contribution in [-0.4, -0.2) is 32.7 Å². The molecule has 2 aromatic rings. The Bertz CT molecular complexity index is 1010. The highest BCUT2D eigenvalue weighted by Gasteiger charge is 2.50. The van der Waals surface area contributed by atoms with Crippen LogP contribution >= 0.6 is 0 Å². The van der Waals surface area contributed by atoms with E-state index in [1.165, 1.54) is 24.3 Å². The number of imide groups is 1. The van der Waals surface area contributed by atoms with Gasteiger partial charge in [-0.25, -0.2) is 5.01 Å². The van der Waals surface area contributed by atoms with E-state index in [9.17, 15) is 24.5 Å². The third-order valence-electron chi connectivity index (χ3n) is 5.46. The third-order valence-corrected chi connectivity index (χ3v) is 5.46. The van der Waals surface area contributed by atoms with Crippen LogP contribution in [0.2, 0.25) is 0 Å². The molecule has 8 nitrogen and oxygen atoms in total. The van der Waals surface area contributed by atoms with Gasteiger partial charge in [0, 0.05) is 17.7 Å². The van der Waals surface area contributed by atoms with Crippen LogP contribution in [0.4, 0.5) is 5.69 Å². The van der Waals surface area contributed by atoms with Gasteiger partial charge in [-0.1, -0.05) is 42.5 Å². The first-order valence-corrected chi connectivity index (χ1v) is 9.60. The van der Waals surface area contributed by atoms with Crippen LogP contribution in [0.3, 0.4) is 0 Å². The minimum atomic E-state index is -0.568. The van der Waals surface area contributed by atoms with Crippen LogP contribution in [0, 0.1) is 22.0 Å². The van der Waals surface area contributed by atoms with E-state index in [2.05, 4.69) is 0 Å². The number of non-ortho nitro benzene ring substituents is 1. The average molecular weight is 405 g/mol. The Morgan fingerprint density at radius 3 is 2.07 bits per heavy atom. The Morgan fingerprint density at radius 2 is 1.53 bits per heavy atom. The number of hydrazine groups is 1. The molecule has 3 amide bonds. The SMILES string of the molecule is O=C(c1ccc([N+](=O)[O-])cc1)N(Cc1ccccc1)N1C(=O)[C@@H]2CC=CC[C@H]2C1=O. The second-order valence-electron chi connectivity index (χ2n) is 7.30. The van der Waals surface area contributed by atoms with Gasteiger partial charge >= 0.3 is 0 Å². The summed E-state index contributed by atoms with van der Waals surface area (Å²) in [5.74, 6) is -2.28. The van der Waals surface area contributed by atoms with Crippen molar-refractivity contribution in [1.82, 2.24) is 10.0 Å². The zero-order valence-corrected chi connectivity index (χ0v) is 16.0. The summed E-state index contributed by atoms with van der Waals surface area (Å²) in [6, 6.07) is 14.2. The molecule has 4 rings (SSSR count). The van der Waals surface area contributed by atoms with Gasteiger partial charge < -0.3 is 0 Å². The van der Waals surface area contributed by atoms with E-state index in [1.54, 1.807) is 24.3 Å². The molecule has 30 heavy (non-hydrogen) atoms. The van der Waals surface area contributed by atoms with Crippen LogP contribution < -0.4 is 0 Å². The van der Waals surface area contributed by atoms with E-state index in [1.807, 2.05) is 18.2 Å². The van der Waals surface area contributed by atoms with Gasteiger partial charge in [0.05, 0.1) is 23.3 Å². The number of hydrogen-bond donors (Lipinski definition) is 0. The molecule has 0 saturated carbocycles. The maximum atomic E-state index is 13.3. The van der Waals surface area contributed by atoms with Gasteiger partial charge in [-0.05, 0) is 30.5 Å². The molecule has 0 unspecified atom stereocenters. The van der Waals surface area contributed by atoms with Crippen LogP contribution in [0.1, 0.15) is 28.8 Å². The van der Waals surface area contributed by atoms with Crippen molar-refractivity contribution in [2.24, 2.45) is 11.8 Å². The van der Waals surface area contributed by atoms with E-state index < -0.39 is 22.7 Å². The fourth-order valence-corrected chi connectivity index (χ4v) is 3.89. The summed E-state index contributed by atoms with van der Waals surface area (Å²) in [5.41, 5.74) is 0.762. The lowest BCUT2D eigenvalue weighted by Gasteiger charge is -2.30. The van der Waals surface area contributed by atoms with E-state index >= 15 is 0 Å². The molecule has 1 saturated heterocycles. The summed E-state index contributed by atoms with van der Waals surface area (Å²) in [6.45, 7) is 0.0288. The topological polar surface area (TPSA) is 101 Å². The maximum absolute atomic E-state index is 13.3. The summed E-state index contributed by atoms with van der Waals surface area (Å²) in [6.07, 6.45) is 4.71. The fraction of sp³-hybridized carbons (Fsp3) is 0.227. The zero-order valence-electron chi connectivity index (χ0n) is 16.0. The molecule has 2 aliphatic rings. The molecule has 8 heteroatoms. The van der Waals surface area contributed by atoms with E-state index in [-0.39, 0.29) is 29.6 Å². The molecular weight excluding hydrogens is 386 g/mol. The first-order valence-electron chi connectivity index (χ1n) is 9.60. The van der Waals surface area contributed by atoms with Gasteiger partial charge in [0.25, 0.3) is 23.4 Å². The standard InChI is InChI=1S/C22H19N3O5/c26-20(16-10-12-17(13-11-16)25(29)30)23(14-15-6-2-1-3-7-15)24-21(27)18-8-4-5-9-19(18)22(24)28/h1-7,10-13,18-19H,8-9,14H2/t18-,19-/m1/s1. The number of allylic oxidation sites excluding steroid dienone is 2. The maximum Gasteiger partial charge on any atom is 0.273 e. The number of carbonyl (C=O) groups excluding carboxylic acids is 3. The molecular formula is C22H19N3O5. The average Bonchev–Trinajstić information content (AvgIpc) is 3.03. The Labute approximate surface area is 172 Å². The van der Waals surface area contributed by atoms with Crippen molar-refractivity contribution in [3.8, 4) is 0 Å². The molecule has 0 radical (unpaired) electrons. The summed E-state index contributed by atoms with van der Waals surface area (Å²) in [7, 11) is 0. The highest BCUT2D eigenvalue weighted by molar-refractivity contribution is 6.08. The van der Waals surface area contributed by atoms with Crippen molar-refractivity contribution >= 4 is 23.4 Å². The quantitative estimate of drug-likeness (QED) is 0.329. The zero-order chi connectivity index (χ0) is 21.3. The van der Waals surface area contributed by atoms with Crippen LogP contribution in [0.25, 0.3) is 0 Å². The van der Waals surface area contributed by atoms with Gasteiger partial charge in [-0.3, -0.25) is 24.5 Å². The molecule has 1 heterocycles. The fourth-order valence-electron chi connectivity index (χ4n) is 3.89. The molecule has 0 aromatic heterocycles. The van der Waals surface area contributed by atoms with E-state index in [0.717, 1.165) is 15.6 Å². The second-order valence-corrected chi connectivity index (χ2v) is 7.30. The van der Waals surface area contributed by atoms with Crippen LogP contribution in [0.5, 0.6) is 0 Å². The number of amides is 3. The predicted molar refractivity (Wildman–Crippen MR) is 107 cm³/mol. The molecule has 1 fully saturated rings. The molecule has 2 atom stereocenters. The smallest absolute Gasteiger partial charge is 0.272 e. The van der Waals surface area contributed by atoms with Crippen molar-refractivity contribution in [3.05, 3.63) is 88.0 Å². The monoisotopic (exact) mass is 405 g/mol. The lowest BCUT2D eigenvalue weighted by Crippen LogP contribution is -2.49. The largest absolute Gasteiger partial charge is 0.273 e. The Morgan fingerprint density at radius 1 is 0.967 bits per heavy atom. The number of hydrogen-bond acceptors (Lipinski definition) is 5. The van der Waals surface area contributed by atoms with Crippen LogP contribution in [0.15, 0.2) is 66.7 Å². The minimum absolute atomic E-state index is 0.0288. The number of nitrogens with zero attached hydrogens (tertiary/aromatic N) is 3. The van der Waals surface area contributed by atoms with Gasteiger partial charge in [0.15, 0.2) is 0 Å². The Kier molecular flexibility index (Phi) is 5.14. The van der Waals surface area contributed by atoms with Gasteiger partial charge in [0.1, 0.15) is 0 Å². The first-order chi connectivity index (χ1) is 14.5. The Balaban J connectivity index is 1.69. The number of rotatable bonds is 5. The van der Waals surface area contributed by atoms with Crippen molar-refractivity contribution in [1.29, 1.82) is 0 Å². The normalized spacial score (nSPS) is 20.2. The van der Waals surface area contributed by atoms with Gasteiger partial charge in [-0.15, -0.1) is 0 Å². The van der Waals surface area contributed by atoms with Gasteiger partial charge in [0.2, 0.25) is 0 Å². The van der Waals surface area contributed by atoms with Crippen molar-refractivity contribution in [2.45, 2.75) is 19.4 Å². The lowest BCUT2D eigenvalue weighted by atomic mass is 9.85. The van der Waals surface area contributed by atoms with Crippen LogP contribution in [-0.2, 0) is 16.1 Å². The molecule has 1 aliphatic heterocycles. The first kappa shape index (κ1) is 19.5. The Hall–Kier alpha value is -3.81. The number of benzene rings is 2. The van der Waals surface area contributed by atoms with E-state index in [4.69, 9.17) is 0 Å². The molecule has 0 N–H and O–H groups in total. The minimum Gasteiger partial charge on any atom is -0.272 e. The molecule has 2 aromatic carbocycles. The predicted octanol–water partition coefficient (Wildman–Crippen LogP) is 3.10. The van der Waals surface area contributed by atoms with Crippen molar-refractivity contribution in [2.75, 3.05) is 0 Å². The van der Waals surface area contributed by atoms with E-state index in [0.29, 0.717) is 12.8 Å². The summed E-state index contributed by atoms with van der Waals surface area (Å²) in [4.78, 5) is 49.8. The number of carbonyl (C=O) groups is 3. The highest BCUT2D eigenvalue weighted by atomic mass is 16.6. The summed E-state index contributed by atoms with van der Waals surface area (Å²) >= 11 is 0. The number of nitro benzene ring substituents is 1. The third kappa shape index (κ3) is 3.47. The summed E-state index contributed by atoms with van der Waals surface area (Å²) < 4.78 is 0. The lowest BCUT2D eigenvalue weighted by molar-refractivity contribution is -0.384.